The van der Waals surface area contributed by atoms with Gasteiger partial charge < -0.3 is 4.89 Å². The maximum Gasteiger partial charge on any atom is 0.138 e. The first kappa shape index (κ1) is 17.3. The van der Waals surface area contributed by atoms with Crippen LogP contribution in [0.1, 0.15) is 45.2 Å². The van der Waals surface area contributed by atoms with Gasteiger partial charge in [0, 0.05) is 0 Å². The van der Waals surface area contributed by atoms with Crippen molar-refractivity contribution in [2.75, 3.05) is 0 Å². The summed E-state index contributed by atoms with van der Waals surface area (Å²) in [6.45, 7) is 12.1. The molecule has 0 saturated carbocycles. The summed E-state index contributed by atoms with van der Waals surface area (Å²) in [5, 5.41) is 0. The molecule has 0 aromatic heterocycles. The zero-order valence-electron chi connectivity index (χ0n) is 14.5. The first-order chi connectivity index (χ1) is 10.8. The van der Waals surface area contributed by atoms with Crippen LogP contribution in [-0.2, 0) is 20.8 Å². The lowest BCUT2D eigenvalue weighted by atomic mass is 9.74. The molecule has 0 heterocycles. The Morgan fingerprint density at radius 2 is 1.35 bits per heavy atom. The minimum atomic E-state index is -0.570. The number of allylic oxidation sites excluding steroid dienone is 1. The molecule has 0 aliphatic carbocycles. The lowest BCUT2D eigenvalue weighted by Crippen LogP contribution is -2.34. The fourth-order valence-electron chi connectivity index (χ4n) is 2.97. The lowest BCUT2D eigenvalue weighted by molar-refractivity contribution is -0.341. The summed E-state index contributed by atoms with van der Waals surface area (Å²) in [7, 11) is 0. The van der Waals surface area contributed by atoms with Crippen LogP contribution < -0.4 is 0 Å². The fourth-order valence-corrected chi connectivity index (χ4v) is 2.97. The van der Waals surface area contributed by atoms with E-state index in [1.807, 2.05) is 24.3 Å². The summed E-state index contributed by atoms with van der Waals surface area (Å²) in [6, 6.07) is 20.7. The molecule has 1 atom stereocenters. The van der Waals surface area contributed by atoms with Crippen molar-refractivity contribution in [1.29, 1.82) is 0 Å². The molecule has 0 aliphatic rings. The van der Waals surface area contributed by atoms with E-state index in [0.717, 1.165) is 12.0 Å². The molecule has 0 N–H and O–H groups in total. The first-order valence-corrected chi connectivity index (χ1v) is 7.96. The third-order valence-electron chi connectivity index (χ3n) is 4.09. The van der Waals surface area contributed by atoms with Crippen LogP contribution in [0.3, 0.4) is 0 Å². The summed E-state index contributed by atoms with van der Waals surface area (Å²) >= 11 is 0. The van der Waals surface area contributed by atoms with Gasteiger partial charge in [-0.1, -0.05) is 81.1 Å². The Morgan fingerprint density at radius 1 is 0.870 bits per heavy atom. The highest BCUT2D eigenvalue weighted by molar-refractivity contribution is 5.28. The van der Waals surface area contributed by atoms with E-state index in [-0.39, 0.29) is 5.41 Å². The van der Waals surface area contributed by atoms with Crippen molar-refractivity contribution in [1.82, 2.24) is 0 Å². The van der Waals surface area contributed by atoms with Gasteiger partial charge in [-0.15, -0.1) is 0 Å². The standard InChI is InChI=1S/C21H26O2/c1-17(2)22-23-21(5,19-14-10-7-11-15-19)16-20(3,4)18-12-8-6-9-13-18/h6-15H,1,16H2,2-5H3. The molecular formula is C21H26O2. The highest BCUT2D eigenvalue weighted by Crippen LogP contribution is 2.40. The van der Waals surface area contributed by atoms with Gasteiger partial charge in [0.1, 0.15) is 11.4 Å². The van der Waals surface area contributed by atoms with Gasteiger partial charge in [0.25, 0.3) is 0 Å². The van der Waals surface area contributed by atoms with E-state index in [4.69, 9.17) is 9.78 Å². The largest absolute Gasteiger partial charge is 0.342 e. The van der Waals surface area contributed by atoms with E-state index in [1.165, 1.54) is 5.56 Å². The van der Waals surface area contributed by atoms with Crippen molar-refractivity contribution in [2.45, 2.75) is 45.1 Å². The normalized spacial score (nSPS) is 14.1. The van der Waals surface area contributed by atoms with Crippen molar-refractivity contribution in [3.05, 3.63) is 84.1 Å². The van der Waals surface area contributed by atoms with Crippen LogP contribution in [0.15, 0.2) is 73.0 Å². The number of rotatable bonds is 7. The van der Waals surface area contributed by atoms with E-state index in [9.17, 15) is 0 Å². The second-order valence-electron chi connectivity index (χ2n) is 6.89. The molecule has 2 heteroatoms. The molecule has 2 aromatic carbocycles. The van der Waals surface area contributed by atoms with Gasteiger partial charge in [0.05, 0.1) is 0 Å². The Bertz CT molecular complexity index is 631. The fraction of sp³-hybridized carbons (Fsp3) is 0.333. The van der Waals surface area contributed by atoms with Crippen LogP contribution in [0, 0.1) is 0 Å². The monoisotopic (exact) mass is 310 g/mol. The van der Waals surface area contributed by atoms with Crippen LogP contribution in [0.2, 0.25) is 0 Å². The van der Waals surface area contributed by atoms with Gasteiger partial charge in [0.15, 0.2) is 0 Å². The van der Waals surface area contributed by atoms with Gasteiger partial charge in [-0.05, 0) is 36.8 Å². The molecular weight excluding hydrogens is 284 g/mol. The molecule has 1 unspecified atom stereocenters. The zero-order valence-corrected chi connectivity index (χ0v) is 14.5. The Kier molecular flexibility index (Phi) is 5.27. The van der Waals surface area contributed by atoms with E-state index in [1.54, 1.807) is 6.92 Å². The van der Waals surface area contributed by atoms with Crippen LogP contribution in [-0.4, -0.2) is 0 Å². The molecule has 0 fully saturated rings. The Labute approximate surface area is 139 Å². The topological polar surface area (TPSA) is 18.5 Å². The molecule has 0 bridgehead atoms. The quantitative estimate of drug-likeness (QED) is 0.368. The highest BCUT2D eigenvalue weighted by atomic mass is 17.2. The summed E-state index contributed by atoms with van der Waals surface area (Å²) in [5.74, 6) is 0.546. The predicted molar refractivity (Wildman–Crippen MR) is 94.9 cm³/mol. The molecule has 0 aliphatic heterocycles. The number of benzene rings is 2. The molecule has 2 rings (SSSR count). The maximum atomic E-state index is 5.83. The van der Waals surface area contributed by atoms with Crippen molar-refractivity contribution in [3.63, 3.8) is 0 Å². The third kappa shape index (κ3) is 4.46. The maximum absolute atomic E-state index is 5.83. The van der Waals surface area contributed by atoms with E-state index >= 15 is 0 Å². The van der Waals surface area contributed by atoms with Crippen LogP contribution in [0.4, 0.5) is 0 Å². The molecule has 0 saturated heterocycles. The van der Waals surface area contributed by atoms with Gasteiger partial charge >= 0.3 is 0 Å². The van der Waals surface area contributed by atoms with E-state index in [0.29, 0.717) is 5.76 Å². The van der Waals surface area contributed by atoms with Gasteiger partial charge in [0.2, 0.25) is 0 Å². The summed E-state index contributed by atoms with van der Waals surface area (Å²) in [4.78, 5) is 11.2. The Hall–Kier alpha value is -2.06. The molecule has 2 nitrogen and oxygen atoms in total. The van der Waals surface area contributed by atoms with Gasteiger partial charge in [-0.25, -0.2) is 0 Å². The lowest BCUT2D eigenvalue weighted by Gasteiger charge is -2.37. The molecule has 122 valence electrons. The molecule has 23 heavy (non-hydrogen) atoms. The van der Waals surface area contributed by atoms with Crippen molar-refractivity contribution in [2.24, 2.45) is 0 Å². The second-order valence-corrected chi connectivity index (χ2v) is 6.89. The number of hydrogen-bond donors (Lipinski definition) is 0. The minimum absolute atomic E-state index is 0.0652. The zero-order chi connectivity index (χ0) is 16.9. The van der Waals surface area contributed by atoms with Crippen molar-refractivity contribution in [3.8, 4) is 0 Å². The third-order valence-corrected chi connectivity index (χ3v) is 4.09. The van der Waals surface area contributed by atoms with Gasteiger partial charge in [-0.3, -0.25) is 0 Å². The average Bonchev–Trinajstić information content (AvgIpc) is 2.54. The van der Waals surface area contributed by atoms with E-state index < -0.39 is 5.60 Å². The molecule has 0 amide bonds. The van der Waals surface area contributed by atoms with Gasteiger partial charge in [-0.2, -0.15) is 4.89 Å². The van der Waals surface area contributed by atoms with Crippen LogP contribution >= 0.6 is 0 Å². The highest BCUT2D eigenvalue weighted by Gasteiger charge is 2.37. The summed E-state index contributed by atoms with van der Waals surface area (Å²) in [6.07, 6.45) is 0.779. The minimum Gasteiger partial charge on any atom is -0.342 e. The van der Waals surface area contributed by atoms with Crippen LogP contribution in [0.5, 0.6) is 0 Å². The SMILES string of the molecule is C=C(C)OOC(C)(CC(C)(C)c1ccccc1)c1ccccc1. The Morgan fingerprint density at radius 3 is 1.83 bits per heavy atom. The second kappa shape index (κ2) is 7.01. The first-order valence-electron chi connectivity index (χ1n) is 7.96. The Balaban J connectivity index is 2.32. The molecule has 0 radical (unpaired) electrons. The van der Waals surface area contributed by atoms with E-state index in [2.05, 4.69) is 63.7 Å². The smallest absolute Gasteiger partial charge is 0.138 e. The molecule has 2 aromatic rings. The van der Waals surface area contributed by atoms with Crippen molar-refractivity contribution < 1.29 is 9.78 Å². The summed E-state index contributed by atoms with van der Waals surface area (Å²) in [5.41, 5.74) is 1.73. The van der Waals surface area contributed by atoms with Crippen molar-refractivity contribution >= 4 is 0 Å². The molecule has 0 spiro atoms. The van der Waals surface area contributed by atoms with Crippen LogP contribution in [0.25, 0.3) is 0 Å². The predicted octanol–water partition coefficient (Wildman–Crippen LogP) is 5.75. The number of hydrogen-bond acceptors (Lipinski definition) is 2. The summed E-state index contributed by atoms with van der Waals surface area (Å²) < 4.78 is 0. The average molecular weight is 310 g/mol.